The summed E-state index contributed by atoms with van der Waals surface area (Å²) in [5.41, 5.74) is -0.567. The number of rotatable bonds is 4. The van der Waals surface area contributed by atoms with Crippen LogP contribution in [0.15, 0.2) is 0 Å². The topological polar surface area (TPSA) is 52.6 Å². The zero-order chi connectivity index (χ0) is 10.9. The number of nitrogens with zero attached hydrogens (tertiary/aromatic N) is 1. The Bertz CT molecular complexity index is 247. The van der Waals surface area contributed by atoms with Gasteiger partial charge in [-0.1, -0.05) is 6.92 Å². The van der Waals surface area contributed by atoms with Gasteiger partial charge >= 0.3 is 5.97 Å². The van der Waals surface area contributed by atoms with Crippen LogP contribution in [0.25, 0.3) is 0 Å². The molecule has 2 N–H and O–H groups in total. The number of hydrogen-bond donors (Lipinski definition) is 2. The van der Waals surface area contributed by atoms with E-state index in [-0.39, 0.29) is 0 Å². The molecule has 86 valence electrons. The number of carboxylic acid groups (broad SMARTS) is 1. The molecule has 1 unspecified atom stereocenters. The first-order chi connectivity index (χ1) is 7.21. The van der Waals surface area contributed by atoms with E-state index in [2.05, 4.69) is 10.2 Å². The van der Waals surface area contributed by atoms with Crippen molar-refractivity contribution in [1.82, 2.24) is 10.2 Å². The molecule has 4 heteroatoms. The maximum Gasteiger partial charge on any atom is 0.324 e. The second-order valence-corrected chi connectivity index (χ2v) is 4.59. The van der Waals surface area contributed by atoms with E-state index < -0.39 is 11.5 Å². The quantitative estimate of drug-likeness (QED) is 0.714. The van der Waals surface area contributed by atoms with Crippen LogP contribution in [-0.4, -0.2) is 47.7 Å². The summed E-state index contributed by atoms with van der Waals surface area (Å²) < 4.78 is 0. The SMILES string of the molecule is CCC(C(=O)O)(C1CC1)N1CCNCC1. The molecule has 1 atom stereocenters. The monoisotopic (exact) mass is 212 g/mol. The Labute approximate surface area is 90.6 Å². The molecule has 0 amide bonds. The first kappa shape index (κ1) is 10.9. The average molecular weight is 212 g/mol. The highest BCUT2D eigenvalue weighted by molar-refractivity contribution is 5.79. The third kappa shape index (κ3) is 1.76. The minimum Gasteiger partial charge on any atom is -0.480 e. The standard InChI is InChI=1S/C11H20N2O2/c1-2-11(10(14)15,9-3-4-9)13-7-5-12-6-8-13/h9,12H,2-8H2,1H3,(H,14,15). The highest BCUT2D eigenvalue weighted by atomic mass is 16.4. The van der Waals surface area contributed by atoms with E-state index in [4.69, 9.17) is 0 Å². The zero-order valence-corrected chi connectivity index (χ0v) is 9.33. The number of aliphatic carboxylic acids is 1. The third-order valence-corrected chi connectivity index (χ3v) is 3.84. The van der Waals surface area contributed by atoms with Crippen LogP contribution < -0.4 is 5.32 Å². The van der Waals surface area contributed by atoms with E-state index in [9.17, 15) is 9.90 Å². The van der Waals surface area contributed by atoms with Crippen LogP contribution in [-0.2, 0) is 4.79 Å². The number of carboxylic acids is 1. The van der Waals surface area contributed by atoms with Crippen molar-refractivity contribution in [3.05, 3.63) is 0 Å². The molecule has 0 spiro atoms. The summed E-state index contributed by atoms with van der Waals surface area (Å²) in [5, 5.41) is 12.8. The first-order valence-corrected chi connectivity index (χ1v) is 5.91. The maximum atomic E-state index is 11.6. The summed E-state index contributed by atoms with van der Waals surface area (Å²) in [6.45, 7) is 5.59. The van der Waals surface area contributed by atoms with Gasteiger partial charge in [0.2, 0.25) is 0 Å². The third-order valence-electron chi connectivity index (χ3n) is 3.84. The maximum absolute atomic E-state index is 11.6. The number of piperazine rings is 1. The fourth-order valence-corrected chi connectivity index (χ4v) is 2.86. The molecule has 2 fully saturated rings. The normalized spacial score (nSPS) is 27.3. The van der Waals surface area contributed by atoms with Gasteiger partial charge in [0.05, 0.1) is 0 Å². The summed E-state index contributed by atoms with van der Waals surface area (Å²) in [6.07, 6.45) is 2.90. The van der Waals surface area contributed by atoms with Crippen molar-refractivity contribution < 1.29 is 9.90 Å². The molecule has 1 saturated carbocycles. The van der Waals surface area contributed by atoms with Crippen molar-refractivity contribution in [2.75, 3.05) is 26.2 Å². The summed E-state index contributed by atoms with van der Waals surface area (Å²) in [4.78, 5) is 13.8. The predicted octanol–water partition coefficient (Wildman–Crippen LogP) is 0.535. The van der Waals surface area contributed by atoms with Gasteiger partial charge in [0.1, 0.15) is 5.54 Å². The molecule has 0 aromatic heterocycles. The van der Waals surface area contributed by atoms with Gasteiger partial charge in [0, 0.05) is 26.2 Å². The molecule has 0 aromatic rings. The first-order valence-electron chi connectivity index (χ1n) is 5.91. The Kier molecular flexibility index (Phi) is 2.98. The molecule has 1 aliphatic heterocycles. The van der Waals surface area contributed by atoms with Crippen molar-refractivity contribution in [1.29, 1.82) is 0 Å². The molecular formula is C11H20N2O2. The molecule has 2 aliphatic rings. The summed E-state index contributed by atoms with van der Waals surface area (Å²) in [5.74, 6) is -0.229. The highest BCUT2D eigenvalue weighted by Crippen LogP contribution is 2.45. The van der Waals surface area contributed by atoms with Crippen molar-refractivity contribution in [2.45, 2.75) is 31.7 Å². The molecule has 0 radical (unpaired) electrons. The van der Waals surface area contributed by atoms with Gasteiger partial charge in [0.25, 0.3) is 0 Å². The fourth-order valence-electron chi connectivity index (χ4n) is 2.86. The lowest BCUT2D eigenvalue weighted by atomic mass is 9.87. The molecular weight excluding hydrogens is 192 g/mol. The number of nitrogens with one attached hydrogen (secondary N) is 1. The van der Waals surface area contributed by atoms with Crippen LogP contribution in [0.4, 0.5) is 0 Å². The molecule has 15 heavy (non-hydrogen) atoms. The fraction of sp³-hybridized carbons (Fsp3) is 0.909. The minimum atomic E-state index is -0.616. The Morgan fingerprint density at radius 1 is 1.47 bits per heavy atom. The second-order valence-electron chi connectivity index (χ2n) is 4.59. The van der Waals surface area contributed by atoms with Gasteiger partial charge < -0.3 is 10.4 Å². The van der Waals surface area contributed by atoms with Gasteiger partial charge in [-0.15, -0.1) is 0 Å². The number of carbonyl (C=O) groups is 1. The second kappa shape index (κ2) is 4.10. The lowest BCUT2D eigenvalue weighted by molar-refractivity contribution is -0.154. The van der Waals surface area contributed by atoms with Crippen molar-refractivity contribution >= 4 is 5.97 Å². The Hall–Kier alpha value is -0.610. The molecule has 4 nitrogen and oxygen atoms in total. The van der Waals surface area contributed by atoms with Crippen LogP contribution in [0.5, 0.6) is 0 Å². The Morgan fingerprint density at radius 2 is 2.07 bits per heavy atom. The molecule has 1 aliphatic carbocycles. The van der Waals surface area contributed by atoms with Crippen molar-refractivity contribution in [3.8, 4) is 0 Å². The van der Waals surface area contributed by atoms with Crippen molar-refractivity contribution in [3.63, 3.8) is 0 Å². The van der Waals surface area contributed by atoms with E-state index in [1.54, 1.807) is 0 Å². The van der Waals surface area contributed by atoms with E-state index >= 15 is 0 Å². The average Bonchev–Trinajstić information content (AvgIpc) is 3.05. The van der Waals surface area contributed by atoms with Crippen LogP contribution in [0.1, 0.15) is 26.2 Å². The predicted molar refractivity (Wildman–Crippen MR) is 57.8 cm³/mol. The zero-order valence-electron chi connectivity index (χ0n) is 9.33. The van der Waals surface area contributed by atoms with E-state index in [0.29, 0.717) is 5.92 Å². The Balaban J connectivity index is 2.18. The lowest BCUT2D eigenvalue weighted by Gasteiger charge is -2.42. The largest absolute Gasteiger partial charge is 0.480 e. The van der Waals surface area contributed by atoms with E-state index in [0.717, 1.165) is 45.4 Å². The molecule has 0 bridgehead atoms. The van der Waals surface area contributed by atoms with Gasteiger partial charge in [-0.05, 0) is 25.2 Å². The van der Waals surface area contributed by atoms with Crippen LogP contribution >= 0.6 is 0 Å². The van der Waals surface area contributed by atoms with Crippen molar-refractivity contribution in [2.24, 2.45) is 5.92 Å². The van der Waals surface area contributed by atoms with Gasteiger partial charge in [-0.2, -0.15) is 0 Å². The minimum absolute atomic E-state index is 0.387. The molecule has 1 saturated heterocycles. The van der Waals surface area contributed by atoms with Gasteiger partial charge in [-0.3, -0.25) is 9.69 Å². The Morgan fingerprint density at radius 3 is 2.47 bits per heavy atom. The van der Waals surface area contributed by atoms with E-state index in [1.165, 1.54) is 0 Å². The van der Waals surface area contributed by atoms with Crippen LogP contribution in [0, 0.1) is 5.92 Å². The molecule has 0 aromatic carbocycles. The summed E-state index contributed by atoms with van der Waals surface area (Å²) in [7, 11) is 0. The lowest BCUT2D eigenvalue weighted by Crippen LogP contribution is -2.61. The molecule has 2 rings (SSSR count). The number of hydrogen-bond acceptors (Lipinski definition) is 3. The van der Waals surface area contributed by atoms with Gasteiger partial charge in [0.15, 0.2) is 0 Å². The van der Waals surface area contributed by atoms with Crippen LogP contribution in [0.2, 0.25) is 0 Å². The van der Waals surface area contributed by atoms with Crippen LogP contribution in [0.3, 0.4) is 0 Å². The highest BCUT2D eigenvalue weighted by Gasteiger charge is 2.53. The smallest absolute Gasteiger partial charge is 0.324 e. The summed E-state index contributed by atoms with van der Waals surface area (Å²) >= 11 is 0. The molecule has 1 heterocycles. The van der Waals surface area contributed by atoms with Gasteiger partial charge in [-0.25, -0.2) is 0 Å². The van der Waals surface area contributed by atoms with E-state index in [1.807, 2.05) is 6.92 Å². The summed E-state index contributed by atoms with van der Waals surface area (Å²) in [6, 6.07) is 0.